The topological polar surface area (TPSA) is 78.0 Å². The lowest BCUT2D eigenvalue weighted by Gasteiger charge is -2.34. The molecule has 0 aliphatic carbocycles. The Morgan fingerprint density at radius 1 is 1.00 bits per heavy atom. The van der Waals surface area contributed by atoms with E-state index >= 15 is 0 Å². The van der Waals surface area contributed by atoms with E-state index < -0.39 is 10.0 Å². The van der Waals surface area contributed by atoms with Gasteiger partial charge in [0.15, 0.2) is 0 Å². The molecule has 0 atom stereocenters. The quantitative estimate of drug-likeness (QED) is 0.633. The first-order valence-electron chi connectivity index (χ1n) is 9.98. The third kappa shape index (κ3) is 4.81. The maximum absolute atomic E-state index is 13.4. The summed E-state index contributed by atoms with van der Waals surface area (Å²) in [5.41, 5.74) is 1.54. The molecule has 2 aromatic rings. The lowest BCUT2D eigenvalue weighted by Crippen LogP contribution is -2.51. The van der Waals surface area contributed by atoms with Crippen molar-refractivity contribution in [2.24, 2.45) is 0 Å². The molecule has 0 saturated carbocycles. The Morgan fingerprint density at radius 3 is 2.13 bits per heavy atom. The standard InChI is InChI=1S/C22H27N3O4S/c1-18(2)19-8-10-20(11-9-19)25(30(28,29)21-6-4-3-5-7-21)16-22(27)24-14-12-23(17-26)13-15-24/h3-11,17-18H,12-16H2,1-2H3. The number of piperazine rings is 1. The van der Waals surface area contributed by atoms with E-state index in [9.17, 15) is 18.0 Å². The zero-order chi connectivity index (χ0) is 21.7. The van der Waals surface area contributed by atoms with E-state index in [-0.39, 0.29) is 17.3 Å². The molecule has 0 spiro atoms. The van der Waals surface area contributed by atoms with Gasteiger partial charge in [-0.2, -0.15) is 0 Å². The molecule has 3 rings (SSSR count). The maximum atomic E-state index is 13.4. The Labute approximate surface area is 177 Å². The van der Waals surface area contributed by atoms with Crippen LogP contribution in [0.5, 0.6) is 0 Å². The normalized spacial score (nSPS) is 14.6. The number of anilines is 1. The first-order valence-corrected chi connectivity index (χ1v) is 11.4. The van der Waals surface area contributed by atoms with Crippen molar-refractivity contribution in [3.8, 4) is 0 Å². The summed E-state index contributed by atoms with van der Waals surface area (Å²) in [5.74, 6) is 0.0296. The minimum absolute atomic E-state index is 0.136. The summed E-state index contributed by atoms with van der Waals surface area (Å²) in [6.45, 7) is 5.52. The number of carbonyl (C=O) groups excluding carboxylic acids is 2. The van der Waals surface area contributed by atoms with Crippen LogP contribution in [0.4, 0.5) is 5.69 Å². The highest BCUT2D eigenvalue weighted by Crippen LogP contribution is 2.26. The third-order valence-electron chi connectivity index (χ3n) is 5.27. The lowest BCUT2D eigenvalue weighted by atomic mass is 10.0. The fourth-order valence-electron chi connectivity index (χ4n) is 3.36. The minimum Gasteiger partial charge on any atom is -0.342 e. The molecule has 0 N–H and O–H groups in total. The van der Waals surface area contributed by atoms with Gasteiger partial charge in [0.1, 0.15) is 6.54 Å². The van der Waals surface area contributed by atoms with Crippen molar-refractivity contribution in [2.45, 2.75) is 24.7 Å². The van der Waals surface area contributed by atoms with Crippen LogP contribution in [-0.2, 0) is 19.6 Å². The maximum Gasteiger partial charge on any atom is 0.264 e. The summed E-state index contributed by atoms with van der Waals surface area (Å²) in [6, 6.07) is 15.4. The largest absolute Gasteiger partial charge is 0.342 e. The van der Waals surface area contributed by atoms with Crippen LogP contribution in [-0.4, -0.2) is 63.3 Å². The Kier molecular flexibility index (Phi) is 6.77. The second-order valence-electron chi connectivity index (χ2n) is 7.59. The molecule has 0 aromatic heterocycles. The van der Waals surface area contributed by atoms with E-state index in [4.69, 9.17) is 0 Å². The Bertz CT molecular complexity index is 967. The third-order valence-corrected chi connectivity index (χ3v) is 7.06. The van der Waals surface area contributed by atoms with Gasteiger partial charge in [-0.3, -0.25) is 13.9 Å². The fourth-order valence-corrected chi connectivity index (χ4v) is 4.80. The van der Waals surface area contributed by atoms with E-state index in [1.807, 2.05) is 12.1 Å². The molecule has 1 saturated heterocycles. The van der Waals surface area contributed by atoms with Gasteiger partial charge >= 0.3 is 0 Å². The van der Waals surface area contributed by atoms with Crippen molar-refractivity contribution in [1.29, 1.82) is 0 Å². The summed E-state index contributed by atoms with van der Waals surface area (Å²) >= 11 is 0. The summed E-state index contributed by atoms with van der Waals surface area (Å²) in [4.78, 5) is 27.2. The minimum atomic E-state index is -3.92. The Balaban J connectivity index is 1.90. The summed E-state index contributed by atoms with van der Waals surface area (Å²) in [5, 5.41) is 0. The van der Waals surface area contributed by atoms with Crippen molar-refractivity contribution in [2.75, 3.05) is 37.0 Å². The predicted octanol–water partition coefficient (Wildman–Crippen LogP) is 2.31. The van der Waals surface area contributed by atoms with Crippen LogP contribution in [0.1, 0.15) is 25.3 Å². The van der Waals surface area contributed by atoms with E-state index in [0.29, 0.717) is 37.8 Å². The molecule has 1 fully saturated rings. The van der Waals surface area contributed by atoms with E-state index in [1.54, 1.807) is 40.1 Å². The lowest BCUT2D eigenvalue weighted by molar-refractivity contribution is -0.133. The SMILES string of the molecule is CC(C)c1ccc(N(CC(=O)N2CCN(C=O)CC2)S(=O)(=O)c2ccccc2)cc1. The summed E-state index contributed by atoms with van der Waals surface area (Å²) in [7, 11) is -3.92. The molecule has 1 aliphatic heterocycles. The van der Waals surface area contributed by atoms with Crippen LogP contribution < -0.4 is 4.31 Å². The summed E-state index contributed by atoms with van der Waals surface area (Å²) < 4.78 is 27.9. The Morgan fingerprint density at radius 2 is 1.60 bits per heavy atom. The van der Waals surface area contributed by atoms with Gasteiger partial charge in [0, 0.05) is 26.2 Å². The molecule has 0 unspecified atom stereocenters. The second-order valence-corrected chi connectivity index (χ2v) is 9.46. The average molecular weight is 430 g/mol. The number of benzene rings is 2. The number of hydrogen-bond acceptors (Lipinski definition) is 4. The van der Waals surface area contributed by atoms with Crippen LogP contribution in [0.15, 0.2) is 59.5 Å². The first-order chi connectivity index (χ1) is 14.3. The van der Waals surface area contributed by atoms with Gasteiger partial charge < -0.3 is 9.80 Å². The van der Waals surface area contributed by atoms with E-state index in [2.05, 4.69) is 13.8 Å². The fraction of sp³-hybridized carbons (Fsp3) is 0.364. The van der Waals surface area contributed by atoms with E-state index in [0.717, 1.165) is 12.0 Å². The van der Waals surface area contributed by atoms with Crippen LogP contribution in [0.25, 0.3) is 0 Å². The van der Waals surface area contributed by atoms with Gasteiger partial charge in [-0.25, -0.2) is 8.42 Å². The number of rotatable bonds is 7. The van der Waals surface area contributed by atoms with E-state index in [1.165, 1.54) is 16.4 Å². The highest BCUT2D eigenvalue weighted by molar-refractivity contribution is 7.92. The zero-order valence-electron chi connectivity index (χ0n) is 17.3. The van der Waals surface area contributed by atoms with Gasteiger partial charge in [0.2, 0.25) is 12.3 Å². The monoisotopic (exact) mass is 429 g/mol. The van der Waals surface area contributed by atoms with Crippen LogP contribution >= 0.6 is 0 Å². The first kappa shape index (κ1) is 21.8. The van der Waals surface area contributed by atoms with Gasteiger partial charge in [0.05, 0.1) is 10.6 Å². The van der Waals surface area contributed by atoms with Crippen LogP contribution in [0.2, 0.25) is 0 Å². The molecule has 2 amide bonds. The number of nitrogens with zero attached hydrogens (tertiary/aromatic N) is 3. The van der Waals surface area contributed by atoms with Crippen molar-refractivity contribution in [3.05, 3.63) is 60.2 Å². The van der Waals surface area contributed by atoms with Crippen LogP contribution in [0, 0.1) is 0 Å². The zero-order valence-corrected chi connectivity index (χ0v) is 18.1. The second kappa shape index (κ2) is 9.30. The molecular formula is C22H27N3O4S. The van der Waals surface area contributed by atoms with Gasteiger partial charge in [0.25, 0.3) is 10.0 Å². The number of hydrogen-bond donors (Lipinski definition) is 0. The van der Waals surface area contributed by atoms with Crippen LogP contribution in [0.3, 0.4) is 0 Å². The van der Waals surface area contributed by atoms with Crippen molar-refractivity contribution < 1.29 is 18.0 Å². The smallest absolute Gasteiger partial charge is 0.264 e. The molecule has 160 valence electrons. The molecule has 30 heavy (non-hydrogen) atoms. The molecule has 0 bridgehead atoms. The summed E-state index contributed by atoms with van der Waals surface area (Å²) in [6.07, 6.45) is 0.768. The molecule has 0 radical (unpaired) electrons. The number of amides is 2. The highest BCUT2D eigenvalue weighted by atomic mass is 32.2. The predicted molar refractivity (Wildman–Crippen MR) is 116 cm³/mol. The van der Waals surface area contributed by atoms with Crippen molar-refractivity contribution in [1.82, 2.24) is 9.80 Å². The van der Waals surface area contributed by atoms with Crippen molar-refractivity contribution in [3.63, 3.8) is 0 Å². The molecule has 1 heterocycles. The van der Waals surface area contributed by atoms with Crippen molar-refractivity contribution >= 4 is 28.0 Å². The molecular weight excluding hydrogens is 402 g/mol. The number of sulfonamides is 1. The number of carbonyl (C=O) groups is 2. The molecule has 8 heteroatoms. The average Bonchev–Trinajstić information content (AvgIpc) is 2.78. The molecule has 1 aliphatic rings. The Hall–Kier alpha value is -2.87. The van der Waals surface area contributed by atoms with Gasteiger partial charge in [-0.15, -0.1) is 0 Å². The molecule has 7 nitrogen and oxygen atoms in total. The van der Waals surface area contributed by atoms with Gasteiger partial charge in [-0.1, -0.05) is 44.2 Å². The molecule has 2 aromatic carbocycles. The van der Waals surface area contributed by atoms with Gasteiger partial charge in [-0.05, 0) is 35.7 Å². The highest BCUT2D eigenvalue weighted by Gasteiger charge is 2.30.